The quantitative estimate of drug-likeness (QED) is 0.613. The fraction of sp³-hybridized carbons (Fsp3) is 0.294. The predicted molar refractivity (Wildman–Crippen MR) is 82.4 cm³/mol. The third-order valence-electron chi connectivity index (χ3n) is 3.45. The first-order valence-corrected chi connectivity index (χ1v) is 7.51. The minimum Gasteiger partial charge on any atom is -0.207 e. The van der Waals surface area contributed by atoms with Gasteiger partial charge in [-0.3, -0.25) is 0 Å². The average Bonchev–Trinajstić information content (AvgIpc) is 2.42. The first-order chi connectivity index (χ1) is 9.40. The summed E-state index contributed by atoms with van der Waals surface area (Å²) in [5, 5.41) is 0. The van der Waals surface area contributed by atoms with Gasteiger partial charge in [0, 0.05) is 5.56 Å². The van der Waals surface area contributed by atoms with Crippen molar-refractivity contribution in [3.63, 3.8) is 0 Å². The minimum atomic E-state index is -0.390. The topological polar surface area (TPSA) is 0 Å². The lowest BCUT2D eigenvalue weighted by molar-refractivity contribution is 0.581. The molecule has 0 saturated carbocycles. The molecule has 1 atom stereocenters. The molecule has 1 unspecified atom stereocenters. The van der Waals surface area contributed by atoms with Crippen LogP contribution in [-0.2, 0) is 0 Å². The molecule has 0 saturated heterocycles. The number of hydrogen-bond donors (Lipinski definition) is 0. The van der Waals surface area contributed by atoms with E-state index in [-0.39, 0.29) is 10.6 Å². The van der Waals surface area contributed by atoms with Gasteiger partial charge in [-0.25, -0.2) is 8.78 Å². The number of benzene rings is 2. The van der Waals surface area contributed by atoms with E-state index in [1.54, 1.807) is 6.92 Å². The van der Waals surface area contributed by atoms with Crippen LogP contribution >= 0.6 is 15.9 Å². The molecule has 0 aliphatic carbocycles. The number of rotatable bonds is 3. The van der Waals surface area contributed by atoms with Gasteiger partial charge < -0.3 is 0 Å². The Hall–Kier alpha value is -1.22. The lowest BCUT2D eigenvalue weighted by Gasteiger charge is -2.14. The second-order valence-corrected chi connectivity index (χ2v) is 6.22. The third-order valence-corrected chi connectivity index (χ3v) is 4.47. The van der Waals surface area contributed by atoms with Crippen molar-refractivity contribution in [3.05, 3.63) is 70.3 Å². The summed E-state index contributed by atoms with van der Waals surface area (Å²) in [6, 6.07) is 10.5. The zero-order valence-electron chi connectivity index (χ0n) is 11.8. The molecular weight excluding hydrogens is 322 g/mol. The predicted octanol–water partition coefficient (Wildman–Crippen LogP) is 5.88. The molecule has 2 aromatic carbocycles. The lowest BCUT2D eigenvalue weighted by atomic mass is 9.98. The number of halogens is 3. The fourth-order valence-corrected chi connectivity index (χ4v) is 2.74. The van der Waals surface area contributed by atoms with Gasteiger partial charge >= 0.3 is 0 Å². The van der Waals surface area contributed by atoms with Gasteiger partial charge in [0.25, 0.3) is 0 Å². The van der Waals surface area contributed by atoms with Gasteiger partial charge in [0.05, 0.1) is 4.83 Å². The molecule has 0 spiro atoms. The van der Waals surface area contributed by atoms with E-state index in [1.807, 2.05) is 24.3 Å². The highest BCUT2D eigenvalue weighted by molar-refractivity contribution is 9.09. The maximum absolute atomic E-state index is 14.0. The molecule has 0 heterocycles. The van der Waals surface area contributed by atoms with Gasteiger partial charge in [0.1, 0.15) is 11.6 Å². The molecule has 0 aromatic heterocycles. The van der Waals surface area contributed by atoms with Gasteiger partial charge in [0.2, 0.25) is 0 Å². The van der Waals surface area contributed by atoms with E-state index in [2.05, 4.69) is 29.8 Å². The van der Waals surface area contributed by atoms with E-state index in [4.69, 9.17) is 0 Å². The van der Waals surface area contributed by atoms with E-state index in [0.29, 0.717) is 17.0 Å². The summed E-state index contributed by atoms with van der Waals surface area (Å²) in [7, 11) is 0. The highest BCUT2D eigenvalue weighted by atomic mass is 79.9. The van der Waals surface area contributed by atoms with Gasteiger partial charge in [-0.05, 0) is 41.7 Å². The highest BCUT2D eigenvalue weighted by Crippen LogP contribution is 2.34. The van der Waals surface area contributed by atoms with Crippen molar-refractivity contribution in [3.8, 4) is 0 Å². The summed E-state index contributed by atoms with van der Waals surface area (Å²) in [4.78, 5) is -0.348. The Morgan fingerprint density at radius 3 is 2.00 bits per heavy atom. The molecule has 2 aromatic rings. The molecule has 3 heteroatoms. The SMILES string of the molecule is Cc1cc(F)c(C(Br)c2ccc(C(C)C)cc2)cc1F. The highest BCUT2D eigenvalue weighted by Gasteiger charge is 2.17. The maximum atomic E-state index is 14.0. The Morgan fingerprint density at radius 2 is 1.45 bits per heavy atom. The Bertz CT molecular complexity index is 603. The molecule has 0 bridgehead atoms. The normalized spacial score (nSPS) is 12.8. The molecule has 106 valence electrons. The zero-order valence-corrected chi connectivity index (χ0v) is 13.3. The molecule has 0 fully saturated rings. The van der Waals surface area contributed by atoms with Gasteiger partial charge in [-0.1, -0.05) is 54.0 Å². The molecular formula is C17H17BrF2. The third kappa shape index (κ3) is 3.09. The summed E-state index contributed by atoms with van der Waals surface area (Å²) in [5.41, 5.74) is 2.78. The molecule has 0 aliphatic heterocycles. The zero-order chi connectivity index (χ0) is 14.9. The van der Waals surface area contributed by atoms with E-state index in [1.165, 1.54) is 17.7 Å². The van der Waals surface area contributed by atoms with Crippen molar-refractivity contribution in [1.82, 2.24) is 0 Å². The molecule has 0 nitrogen and oxygen atoms in total. The Labute approximate surface area is 127 Å². The van der Waals surface area contributed by atoms with E-state index < -0.39 is 5.82 Å². The first kappa shape index (κ1) is 15.2. The summed E-state index contributed by atoms with van der Waals surface area (Å²) < 4.78 is 27.6. The molecule has 20 heavy (non-hydrogen) atoms. The van der Waals surface area contributed by atoms with E-state index in [0.717, 1.165) is 5.56 Å². The van der Waals surface area contributed by atoms with Crippen molar-refractivity contribution in [2.45, 2.75) is 31.5 Å². The smallest absolute Gasteiger partial charge is 0.128 e. The summed E-state index contributed by atoms with van der Waals surface area (Å²) >= 11 is 3.46. The number of alkyl halides is 1. The molecule has 2 rings (SSSR count). The van der Waals surface area contributed by atoms with Crippen molar-refractivity contribution < 1.29 is 8.78 Å². The van der Waals surface area contributed by atoms with Crippen LogP contribution in [0.4, 0.5) is 8.78 Å². The standard InChI is InChI=1S/C17H17BrF2/c1-10(2)12-4-6-13(7-5-12)17(18)14-9-15(19)11(3)8-16(14)20/h4-10,17H,1-3H3. The van der Waals surface area contributed by atoms with Crippen LogP contribution in [0.25, 0.3) is 0 Å². The van der Waals surface area contributed by atoms with Crippen LogP contribution in [-0.4, -0.2) is 0 Å². The van der Waals surface area contributed by atoms with E-state index >= 15 is 0 Å². The number of aryl methyl sites for hydroxylation is 1. The van der Waals surface area contributed by atoms with Crippen LogP contribution in [0.1, 0.15) is 46.8 Å². The second kappa shape index (κ2) is 6.04. The van der Waals surface area contributed by atoms with Crippen molar-refractivity contribution in [2.24, 2.45) is 0 Å². The Kier molecular flexibility index (Phi) is 4.59. The second-order valence-electron chi connectivity index (χ2n) is 5.31. The largest absolute Gasteiger partial charge is 0.207 e. The van der Waals surface area contributed by atoms with Crippen LogP contribution < -0.4 is 0 Å². The summed E-state index contributed by atoms with van der Waals surface area (Å²) in [5.74, 6) is -0.324. The van der Waals surface area contributed by atoms with Crippen molar-refractivity contribution in [2.75, 3.05) is 0 Å². The fourth-order valence-electron chi connectivity index (χ4n) is 2.09. The average molecular weight is 339 g/mol. The molecule has 0 amide bonds. The summed E-state index contributed by atoms with van der Waals surface area (Å²) in [6.45, 7) is 5.80. The van der Waals surface area contributed by atoms with Crippen LogP contribution in [0.15, 0.2) is 36.4 Å². The van der Waals surface area contributed by atoms with E-state index in [9.17, 15) is 8.78 Å². The molecule has 0 N–H and O–H groups in total. The Balaban J connectivity index is 2.36. The van der Waals surface area contributed by atoms with Crippen LogP contribution in [0, 0.1) is 18.6 Å². The monoisotopic (exact) mass is 338 g/mol. The number of hydrogen-bond acceptors (Lipinski definition) is 0. The van der Waals surface area contributed by atoms with Crippen molar-refractivity contribution >= 4 is 15.9 Å². The summed E-state index contributed by atoms with van der Waals surface area (Å²) in [6.07, 6.45) is 0. The Morgan fingerprint density at radius 1 is 0.900 bits per heavy atom. The lowest BCUT2D eigenvalue weighted by Crippen LogP contribution is -2.00. The molecule has 0 radical (unpaired) electrons. The van der Waals surface area contributed by atoms with Gasteiger partial charge in [-0.2, -0.15) is 0 Å². The van der Waals surface area contributed by atoms with Gasteiger partial charge in [0.15, 0.2) is 0 Å². The van der Waals surface area contributed by atoms with Gasteiger partial charge in [-0.15, -0.1) is 0 Å². The molecule has 0 aliphatic rings. The minimum absolute atomic E-state index is 0.320. The van der Waals surface area contributed by atoms with Crippen LogP contribution in [0.5, 0.6) is 0 Å². The van der Waals surface area contributed by atoms with Crippen LogP contribution in [0.2, 0.25) is 0 Å². The van der Waals surface area contributed by atoms with Crippen LogP contribution in [0.3, 0.4) is 0 Å². The first-order valence-electron chi connectivity index (χ1n) is 6.59. The maximum Gasteiger partial charge on any atom is 0.128 e. The van der Waals surface area contributed by atoms with Crippen molar-refractivity contribution in [1.29, 1.82) is 0 Å².